The third kappa shape index (κ3) is 5.44. The molecule has 7 nitrogen and oxygen atoms in total. The van der Waals surface area contributed by atoms with Crippen LogP contribution in [-0.2, 0) is 11.2 Å². The van der Waals surface area contributed by atoms with Gasteiger partial charge in [0.2, 0.25) is 17.6 Å². The zero-order valence-corrected chi connectivity index (χ0v) is 16.4. The lowest BCUT2D eigenvalue weighted by molar-refractivity contribution is -0.123. The highest BCUT2D eigenvalue weighted by molar-refractivity contribution is 5.85. The molecule has 0 fully saturated rings. The largest absolute Gasteiger partial charge is 0.497 e. The number of benzene rings is 1. The number of carbonyl (C=O) groups excluding carboxylic acids is 1. The molecule has 0 bridgehead atoms. The van der Waals surface area contributed by atoms with Gasteiger partial charge in [-0.2, -0.15) is 4.98 Å². The molecule has 8 heteroatoms. The fourth-order valence-electron chi connectivity index (χ4n) is 2.25. The van der Waals surface area contributed by atoms with Gasteiger partial charge in [-0.1, -0.05) is 19.0 Å². The van der Waals surface area contributed by atoms with E-state index in [-0.39, 0.29) is 30.7 Å². The molecule has 1 aromatic carbocycles. The molecule has 0 aliphatic rings. The summed E-state index contributed by atoms with van der Waals surface area (Å²) in [5.74, 6) is 1.85. The van der Waals surface area contributed by atoms with Gasteiger partial charge in [0, 0.05) is 24.9 Å². The van der Waals surface area contributed by atoms with E-state index < -0.39 is 5.54 Å². The van der Waals surface area contributed by atoms with E-state index in [9.17, 15) is 4.79 Å². The van der Waals surface area contributed by atoms with Crippen LogP contribution in [0, 0.1) is 5.92 Å². The number of hydrogen-bond donors (Lipinski definition) is 2. The van der Waals surface area contributed by atoms with Crippen LogP contribution in [0.1, 0.15) is 33.1 Å². The van der Waals surface area contributed by atoms with Gasteiger partial charge in [0.1, 0.15) is 5.75 Å². The molecule has 144 valence electrons. The summed E-state index contributed by atoms with van der Waals surface area (Å²) in [6.07, 6.45) is 0.653. The highest BCUT2D eigenvalue weighted by Gasteiger charge is 2.28. The van der Waals surface area contributed by atoms with E-state index in [1.165, 1.54) is 0 Å². The molecule has 1 atom stereocenters. The minimum atomic E-state index is -0.416. The Bertz CT molecular complexity index is 703. The topological polar surface area (TPSA) is 103 Å². The Kier molecular flexibility index (Phi) is 8.05. The Morgan fingerprint density at radius 3 is 2.54 bits per heavy atom. The Morgan fingerprint density at radius 2 is 2.00 bits per heavy atom. The summed E-state index contributed by atoms with van der Waals surface area (Å²) in [5, 5.41) is 6.96. The third-order valence-electron chi connectivity index (χ3n) is 4.51. The fraction of sp³-hybridized carbons (Fsp3) is 0.500. The third-order valence-corrected chi connectivity index (χ3v) is 4.51. The number of amides is 1. The van der Waals surface area contributed by atoms with E-state index in [4.69, 9.17) is 15.0 Å². The molecule has 0 aliphatic carbocycles. The molecular weight excluding hydrogens is 356 g/mol. The lowest BCUT2D eigenvalue weighted by Crippen LogP contribution is -2.55. The van der Waals surface area contributed by atoms with Crippen molar-refractivity contribution < 1.29 is 14.1 Å². The van der Waals surface area contributed by atoms with Crippen molar-refractivity contribution in [3.05, 3.63) is 30.2 Å². The predicted molar refractivity (Wildman–Crippen MR) is 102 cm³/mol. The Morgan fingerprint density at radius 1 is 1.35 bits per heavy atom. The van der Waals surface area contributed by atoms with Gasteiger partial charge in [-0.25, -0.2) is 0 Å². The molecule has 1 unspecified atom stereocenters. The molecule has 2 rings (SSSR count). The van der Waals surface area contributed by atoms with Crippen LogP contribution in [0.2, 0.25) is 0 Å². The van der Waals surface area contributed by atoms with Crippen LogP contribution in [0.25, 0.3) is 11.4 Å². The highest BCUT2D eigenvalue weighted by Crippen LogP contribution is 2.20. The maximum Gasteiger partial charge on any atom is 0.227 e. The first-order chi connectivity index (χ1) is 11.9. The van der Waals surface area contributed by atoms with Crippen molar-refractivity contribution in [3.63, 3.8) is 0 Å². The van der Waals surface area contributed by atoms with Crippen LogP contribution in [-0.4, -0.2) is 35.2 Å². The van der Waals surface area contributed by atoms with Gasteiger partial charge in [0.25, 0.3) is 0 Å². The Hall–Kier alpha value is -2.12. The second-order valence-electron chi connectivity index (χ2n) is 6.56. The number of aryl methyl sites for hydroxylation is 1. The number of ether oxygens (including phenoxy) is 1. The van der Waals surface area contributed by atoms with Gasteiger partial charge in [-0.15, -0.1) is 12.4 Å². The molecule has 0 spiro atoms. The average Bonchev–Trinajstić information content (AvgIpc) is 3.08. The number of halogens is 1. The maximum atomic E-state index is 12.2. The first-order valence-corrected chi connectivity index (χ1v) is 8.36. The number of rotatable bonds is 8. The van der Waals surface area contributed by atoms with E-state index in [1.807, 2.05) is 45.0 Å². The van der Waals surface area contributed by atoms with Crippen LogP contribution in [0.3, 0.4) is 0 Å². The molecule has 0 radical (unpaired) electrons. The van der Waals surface area contributed by atoms with Crippen molar-refractivity contribution in [2.45, 2.75) is 39.2 Å². The normalized spacial score (nSPS) is 13.0. The van der Waals surface area contributed by atoms with Crippen molar-refractivity contribution in [2.24, 2.45) is 11.7 Å². The lowest BCUT2D eigenvalue weighted by Gasteiger charge is -2.33. The summed E-state index contributed by atoms with van der Waals surface area (Å²) in [6.45, 7) is 6.40. The Balaban J connectivity index is 0.00000338. The standard InChI is InChI=1S/C18H26N4O3.ClH/c1-12(2)18(3,11-19)21-15(23)9-10-16-20-17(22-25-16)13-5-7-14(24-4)8-6-13;/h5-8,12H,9-11,19H2,1-4H3,(H,21,23);1H. The summed E-state index contributed by atoms with van der Waals surface area (Å²) in [5.41, 5.74) is 6.20. The number of nitrogens with two attached hydrogens (primary N) is 1. The molecule has 2 aromatic rings. The second-order valence-corrected chi connectivity index (χ2v) is 6.56. The van der Waals surface area contributed by atoms with Crippen molar-refractivity contribution in [2.75, 3.05) is 13.7 Å². The maximum absolute atomic E-state index is 12.2. The van der Waals surface area contributed by atoms with Gasteiger partial charge in [-0.05, 0) is 37.1 Å². The van der Waals surface area contributed by atoms with Crippen LogP contribution in [0.4, 0.5) is 0 Å². The van der Waals surface area contributed by atoms with Gasteiger partial charge >= 0.3 is 0 Å². The van der Waals surface area contributed by atoms with E-state index in [2.05, 4.69) is 15.5 Å². The van der Waals surface area contributed by atoms with Crippen LogP contribution in [0.15, 0.2) is 28.8 Å². The van der Waals surface area contributed by atoms with E-state index in [1.54, 1.807) is 7.11 Å². The number of methoxy groups -OCH3 is 1. The van der Waals surface area contributed by atoms with E-state index >= 15 is 0 Å². The minimum Gasteiger partial charge on any atom is -0.497 e. The summed E-state index contributed by atoms with van der Waals surface area (Å²) in [6, 6.07) is 7.38. The summed E-state index contributed by atoms with van der Waals surface area (Å²) in [7, 11) is 1.61. The van der Waals surface area contributed by atoms with Crippen molar-refractivity contribution in [3.8, 4) is 17.1 Å². The second kappa shape index (κ2) is 9.54. The minimum absolute atomic E-state index is 0. The quantitative estimate of drug-likeness (QED) is 0.727. The Labute approximate surface area is 160 Å². The molecule has 0 saturated carbocycles. The highest BCUT2D eigenvalue weighted by atomic mass is 35.5. The fourth-order valence-corrected chi connectivity index (χ4v) is 2.25. The number of nitrogens with one attached hydrogen (secondary N) is 1. The molecule has 1 amide bonds. The molecule has 26 heavy (non-hydrogen) atoms. The van der Waals surface area contributed by atoms with Crippen LogP contribution in [0.5, 0.6) is 5.75 Å². The molecule has 0 saturated heterocycles. The van der Waals surface area contributed by atoms with E-state index in [0.717, 1.165) is 11.3 Å². The van der Waals surface area contributed by atoms with Crippen LogP contribution < -0.4 is 15.8 Å². The number of hydrogen-bond acceptors (Lipinski definition) is 6. The first kappa shape index (κ1) is 21.9. The summed E-state index contributed by atoms with van der Waals surface area (Å²) < 4.78 is 10.4. The van der Waals surface area contributed by atoms with Gasteiger partial charge in [-0.3, -0.25) is 4.79 Å². The first-order valence-electron chi connectivity index (χ1n) is 8.36. The van der Waals surface area contributed by atoms with Crippen molar-refractivity contribution >= 4 is 18.3 Å². The molecule has 1 aromatic heterocycles. The summed E-state index contributed by atoms with van der Waals surface area (Å²) in [4.78, 5) is 16.5. The van der Waals surface area contributed by atoms with E-state index in [0.29, 0.717) is 24.7 Å². The zero-order chi connectivity index (χ0) is 18.4. The van der Waals surface area contributed by atoms with Gasteiger partial charge < -0.3 is 20.3 Å². The SMILES string of the molecule is COc1ccc(-c2noc(CCC(=O)NC(C)(CN)C(C)C)n2)cc1.Cl. The smallest absolute Gasteiger partial charge is 0.227 e. The molecular formula is C18H27ClN4O3. The van der Waals surface area contributed by atoms with Gasteiger partial charge in [0.05, 0.1) is 12.6 Å². The number of carbonyl (C=O) groups is 1. The van der Waals surface area contributed by atoms with Gasteiger partial charge in [0.15, 0.2) is 0 Å². The number of nitrogens with zero attached hydrogens (tertiary/aromatic N) is 2. The molecule has 0 aliphatic heterocycles. The lowest BCUT2D eigenvalue weighted by atomic mass is 9.88. The van der Waals surface area contributed by atoms with Crippen molar-refractivity contribution in [1.29, 1.82) is 0 Å². The average molecular weight is 383 g/mol. The zero-order valence-electron chi connectivity index (χ0n) is 15.6. The predicted octanol–water partition coefficient (Wildman–Crippen LogP) is 2.59. The molecule has 1 heterocycles. The monoisotopic (exact) mass is 382 g/mol. The van der Waals surface area contributed by atoms with Crippen molar-refractivity contribution in [1.82, 2.24) is 15.5 Å². The summed E-state index contributed by atoms with van der Waals surface area (Å²) >= 11 is 0. The van der Waals surface area contributed by atoms with Crippen LogP contribution >= 0.6 is 12.4 Å². The number of aromatic nitrogens is 2. The molecule has 3 N–H and O–H groups in total.